The number of nitro groups is 1. The SMILES string of the molecule is CCCCCNc1cc(Br)ccc1[N+](=O)[O-]. The fourth-order valence-corrected chi connectivity index (χ4v) is 1.77. The molecule has 1 aromatic carbocycles. The maximum atomic E-state index is 10.8. The van der Waals surface area contributed by atoms with Crippen LogP contribution in [-0.2, 0) is 0 Å². The number of nitro benzene ring substituents is 1. The summed E-state index contributed by atoms with van der Waals surface area (Å²) in [6, 6.07) is 4.92. The molecule has 1 rings (SSSR count). The quantitative estimate of drug-likeness (QED) is 0.489. The van der Waals surface area contributed by atoms with E-state index in [1.807, 2.05) is 0 Å². The van der Waals surface area contributed by atoms with E-state index in [4.69, 9.17) is 0 Å². The summed E-state index contributed by atoms with van der Waals surface area (Å²) >= 11 is 3.31. The molecule has 0 aliphatic carbocycles. The molecule has 0 heterocycles. The first-order chi connectivity index (χ1) is 7.65. The highest BCUT2D eigenvalue weighted by Gasteiger charge is 2.12. The van der Waals surface area contributed by atoms with Crippen molar-refractivity contribution in [2.75, 3.05) is 11.9 Å². The van der Waals surface area contributed by atoms with Gasteiger partial charge in [0.05, 0.1) is 4.92 Å². The van der Waals surface area contributed by atoms with Gasteiger partial charge in [-0.05, 0) is 18.6 Å². The Morgan fingerprint density at radius 1 is 1.44 bits per heavy atom. The highest BCUT2D eigenvalue weighted by molar-refractivity contribution is 9.10. The molecule has 0 aliphatic heterocycles. The van der Waals surface area contributed by atoms with Crippen LogP contribution in [-0.4, -0.2) is 11.5 Å². The number of unbranched alkanes of at least 4 members (excludes halogenated alkanes) is 2. The lowest BCUT2D eigenvalue weighted by molar-refractivity contribution is -0.384. The Morgan fingerprint density at radius 2 is 2.19 bits per heavy atom. The molecule has 16 heavy (non-hydrogen) atoms. The van der Waals surface area contributed by atoms with Crippen molar-refractivity contribution in [3.05, 3.63) is 32.8 Å². The Balaban J connectivity index is 2.68. The Kier molecular flexibility index (Phi) is 5.25. The van der Waals surface area contributed by atoms with Gasteiger partial charge in [0.2, 0.25) is 0 Å². The van der Waals surface area contributed by atoms with E-state index >= 15 is 0 Å². The highest BCUT2D eigenvalue weighted by atomic mass is 79.9. The molecule has 0 radical (unpaired) electrons. The van der Waals surface area contributed by atoms with E-state index in [9.17, 15) is 10.1 Å². The van der Waals surface area contributed by atoms with Crippen LogP contribution in [0.5, 0.6) is 0 Å². The minimum atomic E-state index is -0.366. The van der Waals surface area contributed by atoms with E-state index in [0.717, 1.165) is 30.3 Å². The average molecular weight is 287 g/mol. The summed E-state index contributed by atoms with van der Waals surface area (Å²) in [6.07, 6.45) is 3.30. The second kappa shape index (κ2) is 6.48. The second-order valence-electron chi connectivity index (χ2n) is 3.55. The van der Waals surface area contributed by atoms with Crippen molar-refractivity contribution in [3.63, 3.8) is 0 Å². The van der Waals surface area contributed by atoms with Crippen molar-refractivity contribution >= 4 is 27.3 Å². The number of halogens is 1. The van der Waals surface area contributed by atoms with Crippen LogP contribution in [0.25, 0.3) is 0 Å². The summed E-state index contributed by atoms with van der Waals surface area (Å²) in [5.41, 5.74) is 0.704. The number of nitrogens with zero attached hydrogens (tertiary/aromatic N) is 1. The third-order valence-electron chi connectivity index (χ3n) is 2.25. The van der Waals surface area contributed by atoms with Crippen molar-refractivity contribution in [1.29, 1.82) is 0 Å². The number of anilines is 1. The van der Waals surface area contributed by atoms with Gasteiger partial charge >= 0.3 is 0 Å². The molecular formula is C11H15BrN2O2. The van der Waals surface area contributed by atoms with Gasteiger partial charge in [-0.1, -0.05) is 35.7 Å². The molecule has 1 aromatic rings. The number of benzene rings is 1. The maximum absolute atomic E-state index is 10.8. The normalized spacial score (nSPS) is 10.1. The lowest BCUT2D eigenvalue weighted by Gasteiger charge is -2.06. The first-order valence-electron chi connectivity index (χ1n) is 5.33. The Labute approximate surface area is 103 Å². The van der Waals surface area contributed by atoms with Crippen molar-refractivity contribution in [1.82, 2.24) is 0 Å². The molecule has 1 N–H and O–H groups in total. The number of hydrogen-bond donors (Lipinski definition) is 1. The van der Waals surface area contributed by atoms with Crippen LogP contribution >= 0.6 is 15.9 Å². The van der Waals surface area contributed by atoms with Crippen LogP contribution in [0.1, 0.15) is 26.2 Å². The molecule has 88 valence electrons. The molecule has 0 saturated heterocycles. The van der Waals surface area contributed by atoms with E-state index in [0.29, 0.717) is 5.69 Å². The Morgan fingerprint density at radius 3 is 2.81 bits per heavy atom. The van der Waals surface area contributed by atoms with Crippen molar-refractivity contribution in [2.24, 2.45) is 0 Å². The number of nitrogens with one attached hydrogen (secondary N) is 1. The van der Waals surface area contributed by atoms with Crippen molar-refractivity contribution in [3.8, 4) is 0 Å². The van der Waals surface area contributed by atoms with Crippen LogP contribution in [0.3, 0.4) is 0 Å². The molecule has 4 nitrogen and oxygen atoms in total. The minimum Gasteiger partial charge on any atom is -0.379 e. The zero-order valence-corrected chi connectivity index (χ0v) is 10.8. The van der Waals surface area contributed by atoms with Crippen molar-refractivity contribution < 1.29 is 4.92 Å². The summed E-state index contributed by atoms with van der Waals surface area (Å²) in [7, 11) is 0. The largest absolute Gasteiger partial charge is 0.379 e. The first-order valence-corrected chi connectivity index (χ1v) is 6.12. The predicted octanol–water partition coefficient (Wildman–Crippen LogP) is 3.96. The molecule has 0 saturated carbocycles. The topological polar surface area (TPSA) is 55.2 Å². The van der Waals surface area contributed by atoms with Gasteiger partial charge in [-0.25, -0.2) is 0 Å². The summed E-state index contributed by atoms with van der Waals surface area (Å²) in [6.45, 7) is 2.90. The van der Waals surface area contributed by atoms with Crippen LogP contribution in [0, 0.1) is 10.1 Å². The molecule has 5 heteroatoms. The maximum Gasteiger partial charge on any atom is 0.292 e. The number of rotatable bonds is 6. The van der Waals surface area contributed by atoms with Gasteiger partial charge in [-0.15, -0.1) is 0 Å². The number of hydrogen-bond acceptors (Lipinski definition) is 3. The molecule has 0 amide bonds. The van der Waals surface area contributed by atoms with Crippen LogP contribution < -0.4 is 5.32 Å². The summed E-state index contributed by atoms with van der Waals surface area (Å²) in [5, 5.41) is 13.9. The van der Waals surface area contributed by atoms with Gasteiger partial charge in [-0.3, -0.25) is 10.1 Å². The van der Waals surface area contributed by atoms with Crippen molar-refractivity contribution in [2.45, 2.75) is 26.2 Å². The smallest absolute Gasteiger partial charge is 0.292 e. The molecule has 0 aliphatic rings. The van der Waals surface area contributed by atoms with Gasteiger partial charge in [0, 0.05) is 17.1 Å². The van der Waals surface area contributed by atoms with E-state index in [2.05, 4.69) is 28.2 Å². The molecular weight excluding hydrogens is 272 g/mol. The molecule has 0 unspecified atom stereocenters. The van der Waals surface area contributed by atoms with Crippen LogP contribution in [0.2, 0.25) is 0 Å². The van der Waals surface area contributed by atoms with E-state index < -0.39 is 0 Å². The van der Waals surface area contributed by atoms with E-state index in [1.165, 1.54) is 6.07 Å². The minimum absolute atomic E-state index is 0.125. The van der Waals surface area contributed by atoms with Gasteiger partial charge in [0.25, 0.3) is 5.69 Å². The van der Waals surface area contributed by atoms with Gasteiger partial charge in [-0.2, -0.15) is 0 Å². The van der Waals surface area contributed by atoms with E-state index in [1.54, 1.807) is 12.1 Å². The lowest BCUT2D eigenvalue weighted by Crippen LogP contribution is -2.04. The van der Waals surface area contributed by atoms with Crippen LogP contribution in [0.4, 0.5) is 11.4 Å². The predicted molar refractivity (Wildman–Crippen MR) is 68.8 cm³/mol. The summed E-state index contributed by atoms with van der Waals surface area (Å²) in [4.78, 5) is 10.4. The average Bonchev–Trinajstić information content (AvgIpc) is 2.24. The van der Waals surface area contributed by atoms with E-state index in [-0.39, 0.29) is 10.6 Å². The molecule has 0 fully saturated rings. The molecule has 0 spiro atoms. The fourth-order valence-electron chi connectivity index (χ4n) is 1.41. The van der Waals surface area contributed by atoms with Gasteiger partial charge < -0.3 is 5.32 Å². The fraction of sp³-hybridized carbons (Fsp3) is 0.455. The molecule has 0 bridgehead atoms. The first kappa shape index (κ1) is 13.0. The third-order valence-corrected chi connectivity index (χ3v) is 2.74. The molecule has 0 atom stereocenters. The highest BCUT2D eigenvalue weighted by Crippen LogP contribution is 2.27. The summed E-state index contributed by atoms with van der Waals surface area (Å²) < 4.78 is 0.844. The molecule has 0 aromatic heterocycles. The zero-order valence-electron chi connectivity index (χ0n) is 9.20. The Hall–Kier alpha value is -1.10. The third kappa shape index (κ3) is 3.81. The Bertz CT molecular complexity index is 369. The van der Waals surface area contributed by atoms with Crippen LogP contribution in [0.15, 0.2) is 22.7 Å². The second-order valence-corrected chi connectivity index (χ2v) is 4.47. The monoisotopic (exact) mass is 286 g/mol. The summed E-state index contributed by atoms with van der Waals surface area (Å²) in [5.74, 6) is 0. The lowest BCUT2D eigenvalue weighted by atomic mass is 10.2. The zero-order chi connectivity index (χ0) is 12.0. The van der Waals surface area contributed by atoms with Gasteiger partial charge in [0.1, 0.15) is 5.69 Å². The standard InChI is InChI=1S/C11H15BrN2O2/c1-2-3-4-7-13-10-8-9(12)5-6-11(10)14(15)16/h5-6,8,13H,2-4,7H2,1H3. The van der Waals surface area contributed by atoms with Gasteiger partial charge in [0.15, 0.2) is 0 Å².